The first-order chi connectivity index (χ1) is 34.2. The zero-order valence-corrected chi connectivity index (χ0v) is 38.9. The van der Waals surface area contributed by atoms with E-state index < -0.39 is 0 Å². The van der Waals surface area contributed by atoms with Gasteiger partial charge in [0.05, 0.1) is 59.7 Å². The van der Waals surface area contributed by atoms with E-state index in [0.29, 0.717) is 16.9 Å². The Morgan fingerprint density at radius 2 is 0.768 bits per heavy atom. The van der Waals surface area contributed by atoms with Crippen LogP contribution in [-0.2, 0) is 0 Å². The number of aromatic nitrogens is 2. The third-order valence-corrected chi connectivity index (χ3v) is 17.8. The molecule has 0 amide bonds. The molecular formula is C62H32N4S3. The van der Waals surface area contributed by atoms with Crippen LogP contribution in [0.25, 0.3) is 143 Å². The minimum atomic E-state index is 0.426. The van der Waals surface area contributed by atoms with Gasteiger partial charge in [-0.15, -0.1) is 34.0 Å². The van der Waals surface area contributed by atoms with Crippen molar-refractivity contribution in [2.45, 2.75) is 0 Å². The summed E-state index contributed by atoms with van der Waals surface area (Å²) in [6, 6.07) is 71.8. The monoisotopic (exact) mass is 928 g/mol. The van der Waals surface area contributed by atoms with E-state index in [4.69, 9.17) is 0 Å². The number of nitrogens with zero attached hydrogens (tertiary/aromatic N) is 4. The molecule has 0 fully saturated rings. The van der Waals surface area contributed by atoms with Crippen molar-refractivity contribution in [1.29, 1.82) is 5.26 Å². The molecular weight excluding hydrogens is 897 g/mol. The molecule has 5 heterocycles. The SMILES string of the molecule is [C-]#[N+]c1c(-c2ccccc2)c(-n2c3c(ccc4c5ccccc5sc43)c3ccc4c5ccccc5sc4c32)c(-c2ccccc2)c(C#N)c1-n1c2ccccc2c2ccc3c4ccccc4sc3c21. The molecule has 0 aliphatic rings. The smallest absolute Gasteiger partial charge is 0.221 e. The van der Waals surface area contributed by atoms with Gasteiger partial charge in [-0.1, -0.05) is 170 Å². The first-order valence-corrected chi connectivity index (χ1v) is 25.3. The minimum Gasteiger partial charge on any atom is -0.316 e. The summed E-state index contributed by atoms with van der Waals surface area (Å²) < 4.78 is 11.8. The molecule has 69 heavy (non-hydrogen) atoms. The maximum Gasteiger partial charge on any atom is 0.221 e. The zero-order chi connectivity index (χ0) is 45.5. The molecule has 0 N–H and O–H groups in total. The third kappa shape index (κ3) is 5.19. The first kappa shape index (κ1) is 38.5. The molecule has 0 unspecified atom stereocenters. The minimum absolute atomic E-state index is 0.426. The van der Waals surface area contributed by atoms with E-state index in [-0.39, 0.29) is 0 Å². The highest BCUT2D eigenvalue weighted by Crippen LogP contribution is 2.55. The van der Waals surface area contributed by atoms with Crippen molar-refractivity contribution in [1.82, 2.24) is 9.13 Å². The van der Waals surface area contributed by atoms with Crippen molar-refractivity contribution in [3.8, 4) is 39.7 Å². The van der Waals surface area contributed by atoms with Crippen molar-refractivity contribution in [2.75, 3.05) is 0 Å². The molecule has 10 aromatic carbocycles. The van der Waals surface area contributed by atoms with E-state index in [9.17, 15) is 11.8 Å². The van der Waals surface area contributed by atoms with Gasteiger partial charge in [-0.3, -0.25) is 0 Å². The number of nitriles is 1. The summed E-state index contributed by atoms with van der Waals surface area (Å²) in [6.45, 7) is 9.55. The number of thiophene rings is 3. The fraction of sp³-hybridized carbons (Fsp3) is 0. The van der Waals surface area contributed by atoms with Crippen LogP contribution in [0.3, 0.4) is 0 Å². The molecule has 15 rings (SSSR count). The van der Waals surface area contributed by atoms with Crippen molar-refractivity contribution in [3.05, 3.63) is 211 Å². The van der Waals surface area contributed by atoms with Gasteiger partial charge in [0.2, 0.25) is 5.69 Å². The van der Waals surface area contributed by atoms with Gasteiger partial charge in [0, 0.05) is 79.1 Å². The van der Waals surface area contributed by atoms with Crippen molar-refractivity contribution in [2.24, 2.45) is 0 Å². The lowest BCUT2D eigenvalue weighted by Crippen LogP contribution is -2.08. The summed E-state index contributed by atoms with van der Waals surface area (Å²) in [7, 11) is 0. The second kappa shape index (κ2) is 14.5. The predicted molar refractivity (Wildman–Crippen MR) is 296 cm³/mol. The normalized spacial score (nSPS) is 12.0. The van der Waals surface area contributed by atoms with Crippen LogP contribution in [0.4, 0.5) is 5.69 Å². The molecule has 0 bridgehead atoms. The van der Waals surface area contributed by atoms with Crippen LogP contribution in [0.1, 0.15) is 5.56 Å². The molecule has 0 aliphatic carbocycles. The first-order valence-electron chi connectivity index (χ1n) is 22.9. The number of para-hydroxylation sites is 1. The van der Waals surface area contributed by atoms with Gasteiger partial charge in [-0.2, -0.15) is 5.26 Å². The molecule has 0 aliphatic heterocycles. The third-order valence-electron chi connectivity index (χ3n) is 14.2. The summed E-state index contributed by atoms with van der Waals surface area (Å²) in [5.41, 5.74) is 9.72. The summed E-state index contributed by atoms with van der Waals surface area (Å²) in [4.78, 5) is 4.68. The van der Waals surface area contributed by atoms with Gasteiger partial charge >= 0.3 is 0 Å². The highest BCUT2D eigenvalue weighted by Gasteiger charge is 2.33. The van der Waals surface area contributed by atoms with Crippen molar-refractivity contribution >= 4 is 144 Å². The van der Waals surface area contributed by atoms with Crippen LogP contribution in [0.2, 0.25) is 0 Å². The van der Waals surface area contributed by atoms with Crippen LogP contribution in [0, 0.1) is 17.9 Å². The largest absolute Gasteiger partial charge is 0.316 e. The molecule has 0 saturated carbocycles. The van der Waals surface area contributed by atoms with E-state index in [1.165, 1.54) is 50.4 Å². The highest BCUT2D eigenvalue weighted by atomic mass is 32.1. The second-order valence-electron chi connectivity index (χ2n) is 17.6. The lowest BCUT2D eigenvalue weighted by Gasteiger charge is -2.26. The Balaban J connectivity index is 1.24. The quantitative estimate of drug-likeness (QED) is 0.162. The van der Waals surface area contributed by atoms with Crippen LogP contribution in [0.5, 0.6) is 0 Å². The predicted octanol–water partition coefficient (Wildman–Crippen LogP) is 18.7. The standard InChI is InChI=1S/C62H32N4S3/c1-64-54-53(36-18-6-3-7-19-36)59(66-57-42(29-32-45-39-22-10-14-26-50(39)68-61(45)57)43-30-33-46-40-23-11-15-27-51(40)69-62(46)58(43)66)52(35-16-4-2-5-17-35)47(34-63)55(54)65-48-24-12-8-20-37(48)41-28-31-44-38-21-9-13-25-49(38)67-60(44)56(41)65/h2-33H. The lowest BCUT2D eigenvalue weighted by atomic mass is 9.88. The Kier molecular flexibility index (Phi) is 8.08. The lowest BCUT2D eigenvalue weighted by molar-refractivity contribution is 1.15. The maximum atomic E-state index is 12.2. The number of benzene rings is 10. The molecule has 5 aromatic heterocycles. The Hall–Kier alpha value is -8.56. The van der Waals surface area contributed by atoms with Gasteiger partial charge in [-0.25, -0.2) is 4.85 Å². The Morgan fingerprint density at radius 1 is 0.377 bits per heavy atom. The van der Waals surface area contributed by atoms with E-state index in [1.807, 2.05) is 34.8 Å². The summed E-state index contributed by atoms with van der Waals surface area (Å²) in [5.74, 6) is 0. The molecule has 4 nitrogen and oxygen atoms in total. The zero-order valence-electron chi connectivity index (χ0n) is 36.5. The molecule has 318 valence electrons. The summed E-state index contributed by atoms with van der Waals surface area (Å²) >= 11 is 5.39. The maximum absolute atomic E-state index is 12.2. The Bertz CT molecular complexity index is 4590. The van der Waals surface area contributed by atoms with E-state index >= 15 is 0 Å². The Morgan fingerprint density at radius 3 is 1.25 bits per heavy atom. The van der Waals surface area contributed by atoms with Crippen LogP contribution < -0.4 is 0 Å². The van der Waals surface area contributed by atoms with Gasteiger partial charge < -0.3 is 9.13 Å². The van der Waals surface area contributed by atoms with E-state index in [1.54, 1.807) is 11.3 Å². The van der Waals surface area contributed by atoms with E-state index in [2.05, 4.69) is 202 Å². The highest BCUT2D eigenvalue weighted by molar-refractivity contribution is 7.27. The molecule has 0 radical (unpaired) electrons. The number of fused-ring (bicyclic) bond motifs is 18. The number of hydrogen-bond acceptors (Lipinski definition) is 4. The number of rotatable bonds is 4. The molecule has 0 atom stereocenters. The van der Waals surface area contributed by atoms with Crippen molar-refractivity contribution in [3.63, 3.8) is 0 Å². The molecule has 15 aromatic rings. The van der Waals surface area contributed by atoms with Gasteiger partial charge in [0.1, 0.15) is 6.07 Å². The molecule has 0 spiro atoms. The Labute approximate surface area is 406 Å². The van der Waals surface area contributed by atoms with Crippen LogP contribution in [-0.4, -0.2) is 9.13 Å². The average Bonchev–Trinajstić information content (AvgIpc) is 4.23. The molecule has 0 saturated heterocycles. The van der Waals surface area contributed by atoms with Crippen LogP contribution >= 0.6 is 34.0 Å². The topological polar surface area (TPSA) is 38.0 Å². The fourth-order valence-electron chi connectivity index (χ4n) is 11.4. The van der Waals surface area contributed by atoms with E-state index in [0.717, 1.165) is 81.6 Å². The summed E-state index contributed by atoms with van der Waals surface area (Å²) in [5, 5.41) is 23.8. The average molecular weight is 929 g/mol. The summed E-state index contributed by atoms with van der Waals surface area (Å²) in [6.07, 6.45) is 0. The van der Waals surface area contributed by atoms with Crippen LogP contribution in [0.15, 0.2) is 194 Å². The number of hydrogen-bond donors (Lipinski definition) is 0. The fourth-order valence-corrected chi connectivity index (χ4v) is 15.1. The second-order valence-corrected chi connectivity index (χ2v) is 20.8. The van der Waals surface area contributed by atoms with Gasteiger partial charge in [0.25, 0.3) is 0 Å². The van der Waals surface area contributed by atoms with Gasteiger partial charge in [-0.05, 0) is 35.4 Å². The van der Waals surface area contributed by atoms with Gasteiger partial charge in [0.15, 0.2) is 0 Å². The van der Waals surface area contributed by atoms with Crippen molar-refractivity contribution < 1.29 is 0 Å². The molecule has 7 heteroatoms.